The predicted molar refractivity (Wildman–Crippen MR) is 296 cm³/mol. The molecule has 0 bridgehead atoms. The third-order valence-electron chi connectivity index (χ3n) is 14.0. The first-order valence-corrected chi connectivity index (χ1v) is 23.8. The van der Waals surface area contributed by atoms with Crippen LogP contribution in [0.5, 0.6) is 0 Å². The molecule has 0 fully saturated rings. The number of rotatable bonds is 8. The van der Waals surface area contributed by atoms with Crippen molar-refractivity contribution in [3.63, 3.8) is 0 Å². The summed E-state index contributed by atoms with van der Waals surface area (Å²) < 4.78 is 0. The fourth-order valence-corrected chi connectivity index (χ4v) is 10.6. The van der Waals surface area contributed by atoms with Gasteiger partial charge in [-0.1, -0.05) is 218 Å². The van der Waals surface area contributed by atoms with Gasteiger partial charge < -0.3 is 4.90 Å². The summed E-state index contributed by atoms with van der Waals surface area (Å²) in [5.74, 6) is 0. The summed E-state index contributed by atoms with van der Waals surface area (Å²) in [7, 11) is 0. The molecule has 13 aromatic rings. The van der Waals surface area contributed by atoms with Crippen LogP contribution in [0.25, 0.3) is 109 Å². The molecule has 69 heavy (non-hydrogen) atoms. The molecule has 0 saturated carbocycles. The highest BCUT2D eigenvalue weighted by atomic mass is 15.1. The molecule has 0 heterocycles. The standard InChI is InChI=1S/C68H45N/c1-3-16-50(17-4-1)67-65-25-12-11-24-63(65)64-41-35-56(45-66(64)68(67)51-18-5-2-6-19-51)48-32-38-59(39-33-48)69(60-22-13-21-53(44-60)55-28-26-46-14-7-8-20-52(46)42-55)58-36-30-47(31-37-58)54-34-40-62-57(43-54)29-27-49-15-9-10-23-61(49)62/h1-45H. The first-order chi connectivity index (χ1) is 34.2. The van der Waals surface area contributed by atoms with Crippen molar-refractivity contribution in [3.8, 4) is 55.6 Å². The Balaban J connectivity index is 0.922. The van der Waals surface area contributed by atoms with Crippen LogP contribution in [0.1, 0.15) is 0 Å². The average molecular weight is 876 g/mol. The number of hydrogen-bond acceptors (Lipinski definition) is 1. The van der Waals surface area contributed by atoms with E-state index in [0.717, 1.165) is 17.1 Å². The van der Waals surface area contributed by atoms with Crippen molar-refractivity contribution >= 4 is 70.9 Å². The lowest BCUT2D eigenvalue weighted by molar-refractivity contribution is 1.28. The van der Waals surface area contributed by atoms with E-state index in [1.807, 2.05) is 0 Å². The lowest BCUT2D eigenvalue weighted by Gasteiger charge is -2.26. The molecule has 0 amide bonds. The number of fused-ring (bicyclic) bond motifs is 7. The van der Waals surface area contributed by atoms with E-state index in [9.17, 15) is 0 Å². The SMILES string of the molecule is c1ccc(-c2c(-c3ccccc3)c3cc(-c4ccc(N(c5ccc(-c6ccc7c(ccc8ccccc87)c6)cc5)c5cccc(-c6ccc7ccccc7c6)c5)cc4)ccc3c3ccccc23)cc1. The molecule has 1 heteroatoms. The minimum Gasteiger partial charge on any atom is -0.310 e. The molecule has 13 rings (SSSR count). The molecule has 1 nitrogen and oxygen atoms in total. The van der Waals surface area contributed by atoms with E-state index in [2.05, 4.69) is 278 Å². The van der Waals surface area contributed by atoms with Crippen LogP contribution in [0.3, 0.4) is 0 Å². The predicted octanol–water partition coefficient (Wildman–Crippen LogP) is 19.3. The number of benzene rings is 13. The van der Waals surface area contributed by atoms with Gasteiger partial charge in [0.15, 0.2) is 0 Å². The molecule has 0 N–H and O–H groups in total. The molecule has 0 aliphatic heterocycles. The van der Waals surface area contributed by atoms with Crippen molar-refractivity contribution < 1.29 is 0 Å². The summed E-state index contributed by atoms with van der Waals surface area (Å²) in [5.41, 5.74) is 15.3. The topological polar surface area (TPSA) is 3.24 Å². The minimum atomic E-state index is 1.09. The van der Waals surface area contributed by atoms with E-state index in [0.29, 0.717) is 0 Å². The lowest BCUT2D eigenvalue weighted by Crippen LogP contribution is -2.10. The van der Waals surface area contributed by atoms with Gasteiger partial charge >= 0.3 is 0 Å². The van der Waals surface area contributed by atoms with Crippen LogP contribution in [0.4, 0.5) is 17.1 Å². The molecule has 13 aromatic carbocycles. The van der Waals surface area contributed by atoms with Crippen LogP contribution in [0.15, 0.2) is 273 Å². The smallest absolute Gasteiger partial charge is 0.0467 e. The highest BCUT2D eigenvalue weighted by molar-refractivity contribution is 6.22. The van der Waals surface area contributed by atoms with E-state index >= 15 is 0 Å². The Labute approximate surface area is 402 Å². The van der Waals surface area contributed by atoms with E-state index < -0.39 is 0 Å². The van der Waals surface area contributed by atoms with Gasteiger partial charge in [-0.3, -0.25) is 0 Å². The van der Waals surface area contributed by atoms with Crippen LogP contribution in [-0.2, 0) is 0 Å². The molecule has 0 unspecified atom stereocenters. The molecule has 0 saturated heterocycles. The summed E-state index contributed by atoms with van der Waals surface area (Å²) in [5, 5.41) is 12.6. The molecular formula is C68H45N. The summed E-state index contributed by atoms with van der Waals surface area (Å²) in [6.45, 7) is 0. The van der Waals surface area contributed by atoms with Gasteiger partial charge in [0, 0.05) is 17.1 Å². The van der Waals surface area contributed by atoms with Crippen molar-refractivity contribution in [2.24, 2.45) is 0 Å². The van der Waals surface area contributed by atoms with Gasteiger partial charge in [0.2, 0.25) is 0 Å². The van der Waals surface area contributed by atoms with E-state index in [1.165, 1.54) is 109 Å². The highest BCUT2D eigenvalue weighted by Gasteiger charge is 2.19. The third-order valence-corrected chi connectivity index (χ3v) is 14.0. The van der Waals surface area contributed by atoms with Gasteiger partial charge in [-0.05, 0) is 164 Å². The van der Waals surface area contributed by atoms with Gasteiger partial charge in [-0.2, -0.15) is 0 Å². The van der Waals surface area contributed by atoms with Crippen molar-refractivity contribution in [1.82, 2.24) is 0 Å². The Hall–Kier alpha value is -9.04. The summed E-state index contributed by atoms with van der Waals surface area (Å²) in [6.07, 6.45) is 0. The van der Waals surface area contributed by atoms with Crippen LogP contribution in [-0.4, -0.2) is 0 Å². The summed E-state index contributed by atoms with van der Waals surface area (Å²) in [4.78, 5) is 2.39. The molecule has 0 radical (unpaired) electrons. The molecular weight excluding hydrogens is 831 g/mol. The number of anilines is 3. The van der Waals surface area contributed by atoms with Crippen LogP contribution in [0, 0.1) is 0 Å². The van der Waals surface area contributed by atoms with Gasteiger partial charge in [0.05, 0.1) is 0 Å². The van der Waals surface area contributed by atoms with Gasteiger partial charge in [0.25, 0.3) is 0 Å². The molecule has 0 aromatic heterocycles. The Morgan fingerprint density at radius 2 is 0.594 bits per heavy atom. The summed E-state index contributed by atoms with van der Waals surface area (Å²) in [6, 6.07) is 100. The van der Waals surface area contributed by atoms with E-state index in [1.54, 1.807) is 0 Å². The second-order valence-electron chi connectivity index (χ2n) is 18.1. The monoisotopic (exact) mass is 875 g/mol. The minimum absolute atomic E-state index is 1.09. The number of nitrogens with zero attached hydrogens (tertiary/aromatic N) is 1. The van der Waals surface area contributed by atoms with Crippen molar-refractivity contribution in [1.29, 1.82) is 0 Å². The fourth-order valence-electron chi connectivity index (χ4n) is 10.6. The van der Waals surface area contributed by atoms with Crippen molar-refractivity contribution in [3.05, 3.63) is 273 Å². The fraction of sp³-hybridized carbons (Fsp3) is 0. The Kier molecular flexibility index (Phi) is 9.91. The van der Waals surface area contributed by atoms with Gasteiger partial charge in [-0.25, -0.2) is 0 Å². The first-order valence-electron chi connectivity index (χ1n) is 23.8. The third kappa shape index (κ3) is 7.29. The highest BCUT2D eigenvalue weighted by Crippen LogP contribution is 2.46. The molecule has 0 aliphatic rings. The zero-order chi connectivity index (χ0) is 45.7. The molecule has 0 spiro atoms. The van der Waals surface area contributed by atoms with E-state index in [-0.39, 0.29) is 0 Å². The van der Waals surface area contributed by atoms with Gasteiger partial charge in [-0.15, -0.1) is 0 Å². The quantitative estimate of drug-likeness (QED) is 0.138. The van der Waals surface area contributed by atoms with Crippen LogP contribution in [0.2, 0.25) is 0 Å². The lowest BCUT2D eigenvalue weighted by atomic mass is 9.84. The van der Waals surface area contributed by atoms with Crippen LogP contribution < -0.4 is 4.90 Å². The maximum atomic E-state index is 2.41. The average Bonchev–Trinajstić information content (AvgIpc) is 3.43. The second kappa shape index (κ2) is 17.0. The maximum absolute atomic E-state index is 2.41. The molecule has 0 atom stereocenters. The van der Waals surface area contributed by atoms with Gasteiger partial charge in [0.1, 0.15) is 0 Å². The largest absolute Gasteiger partial charge is 0.310 e. The summed E-state index contributed by atoms with van der Waals surface area (Å²) >= 11 is 0. The van der Waals surface area contributed by atoms with Crippen LogP contribution >= 0.6 is 0 Å². The van der Waals surface area contributed by atoms with E-state index in [4.69, 9.17) is 0 Å². The Morgan fingerprint density at radius 3 is 1.29 bits per heavy atom. The normalized spacial score (nSPS) is 11.5. The second-order valence-corrected chi connectivity index (χ2v) is 18.1. The number of hydrogen-bond donors (Lipinski definition) is 0. The Bertz CT molecular complexity index is 4040. The molecule has 0 aliphatic carbocycles. The molecule has 322 valence electrons. The first kappa shape index (κ1) is 40.3. The zero-order valence-electron chi connectivity index (χ0n) is 37.9. The maximum Gasteiger partial charge on any atom is 0.0467 e. The van der Waals surface area contributed by atoms with Crippen molar-refractivity contribution in [2.45, 2.75) is 0 Å². The Morgan fingerprint density at radius 1 is 0.174 bits per heavy atom. The van der Waals surface area contributed by atoms with Crippen molar-refractivity contribution in [2.75, 3.05) is 4.90 Å². The zero-order valence-corrected chi connectivity index (χ0v) is 37.9.